The van der Waals surface area contributed by atoms with Crippen molar-refractivity contribution in [3.63, 3.8) is 0 Å². The van der Waals surface area contributed by atoms with Crippen molar-refractivity contribution in [2.75, 3.05) is 14.1 Å². The molecule has 0 bridgehead atoms. The summed E-state index contributed by atoms with van der Waals surface area (Å²) in [4.78, 5) is 0. The average molecular weight is 116 g/mol. The van der Waals surface area contributed by atoms with Crippen molar-refractivity contribution in [3.8, 4) is 0 Å². The van der Waals surface area contributed by atoms with Crippen molar-refractivity contribution in [1.29, 1.82) is 0 Å². The standard InChI is InChI=1S/C4H9N2P/c1-5-3-4-6(2)7-5/h3-4,7H,1-2H3. The Balaban J connectivity index is 2.42. The molecule has 40 valence electrons. The topological polar surface area (TPSA) is 6.48 Å². The third-order valence-corrected chi connectivity index (χ3v) is 1.76. The van der Waals surface area contributed by atoms with Gasteiger partial charge in [0.1, 0.15) is 0 Å². The molecule has 0 spiro atoms. The maximum Gasteiger partial charge on any atom is 0.0784 e. The molecule has 0 saturated heterocycles. The summed E-state index contributed by atoms with van der Waals surface area (Å²) < 4.78 is 4.31. The highest BCUT2D eigenvalue weighted by Gasteiger charge is 2.00. The Labute approximate surface area is 45.7 Å². The second-order valence-electron chi connectivity index (χ2n) is 1.62. The van der Waals surface area contributed by atoms with Crippen LogP contribution < -0.4 is 0 Å². The highest BCUT2D eigenvalue weighted by atomic mass is 31.1. The molecule has 3 heteroatoms. The van der Waals surface area contributed by atoms with E-state index in [-0.39, 0.29) is 0 Å². The van der Waals surface area contributed by atoms with E-state index in [1.807, 2.05) is 0 Å². The van der Waals surface area contributed by atoms with Crippen molar-refractivity contribution in [3.05, 3.63) is 12.4 Å². The van der Waals surface area contributed by atoms with E-state index < -0.39 is 0 Å². The highest BCUT2D eigenvalue weighted by Crippen LogP contribution is 2.25. The van der Waals surface area contributed by atoms with E-state index in [0.29, 0.717) is 0 Å². The molecule has 0 aliphatic carbocycles. The van der Waals surface area contributed by atoms with Crippen LogP contribution in [0.5, 0.6) is 0 Å². The van der Waals surface area contributed by atoms with Crippen LogP contribution in [0.1, 0.15) is 0 Å². The molecule has 0 aromatic heterocycles. The molecule has 0 aromatic rings. The van der Waals surface area contributed by atoms with Crippen molar-refractivity contribution in [2.24, 2.45) is 0 Å². The SMILES string of the molecule is CN1C=CN(C)P1. The largest absolute Gasteiger partial charge is 0.344 e. The van der Waals surface area contributed by atoms with E-state index in [4.69, 9.17) is 0 Å². The molecule has 0 aromatic carbocycles. The van der Waals surface area contributed by atoms with Gasteiger partial charge >= 0.3 is 0 Å². The lowest BCUT2D eigenvalue weighted by Gasteiger charge is -2.09. The van der Waals surface area contributed by atoms with Crippen LogP contribution in [-0.2, 0) is 0 Å². The molecule has 2 nitrogen and oxygen atoms in total. The lowest BCUT2D eigenvalue weighted by atomic mass is 10.9. The van der Waals surface area contributed by atoms with Gasteiger partial charge in [0.25, 0.3) is 0 Å². The quantitative estimate of drug-likeness (QED) is 0.433. The van der Waals surface area contributed by atoms with Gasteiger partial charge in [-0.25, -0.2) is 0 Å². The summed E-state index contributed by atoms with van der Waals surface area (Å²) in [6, 6.07) is 0. The van der Waals surface area contributed by atoms with Gasteiger partial charge in [-0.1, -0.05) is 0 Å². The van der Waals surface area contributed by atoms with E-state index >= 15 is 0 Å². The molecule has 7 heavy (non-hydrogen) atoms. The van der Waals surface area contributed by atoms with Gasteiger partial charge in [-0.05, 0) is 0 Å². The van der Waals surface area contributed by atoms with Crippen LogP contribution in [0, 0.1) is 0 Å². The number of hydrogen-bond donors (Lipinski definition) is 0. The van der Waals surface area contributed by atoms with E-state index in [0.717, 1.165) is 8.88 Å². The number of hydrogen-bond acceptors (Lipinski definition) is 2. The normalized spacial score (nSPS) is 19.1. The second kappa shape index (κ2) is 1.71. The first-order valence-corrected chi connectivity index (χ1v) is 3.09. The van der Waals surface area contributed by atoms with Crippen LogP contribution in [0.3, 0.4) is 0 Å². The van der Waals surface area contributed by atoms with Crippen molar-refractivity contribution < 1.29 is 0 Å². The molecule has 0 N–H and O–H groups in total. The smallest absolute Gasteiger partial charge is 0.0784 e. The minimum absolute atomic E-state index is 0.812. The van der Waals surface area contributed by atoms with Crippen LogP contribution in [0.25, 0.3) is 0 Å². The van der Waals surface area contributed by atoms with Gasteiger partial charge in [0.2, 0.25) is 0 Å². The van der Waals surface area contributed by atoms with Gasteiger partial charge in [-0.3, -0.25) is 0 Å². The Morgan fingerprint density at radius 2 is 1.57 bits per heavy atom. The third kappa shape index (κ3) is 1.07. The summed E-state index contributed by atoms with van der Waals surface area (Å²) in [6.07, 6.45) is 4.14. The maximum absolute atomic E-state index is 2.15. The number of nitrogens with zero attached hydrogens (tertiary/aromatic N) is 2. The summed E-state index contributed by atoms with van der Waals surface area (Å²) in [5.74, 6) is 0. The molecule has 0 atom stereocenters. The van der Waals surface area contributed by atoms with Gasteiger partial charge < -0.3 is 9.34 Å². The first-order chi connectivity index (χ1) is 3.29. The molecule has 0 fully saturated rings. The van der Waals surface area contributed by atoms with Crippen molar-refractivity contribution in [2.45, 2.75) is 0 Å². The fourth-order valence-electron chi connectivity index (χ4n) is 0.515. The molecule has 0 saturated carbocycles. The molecular formula is C4H9N2P. The van der Waals surface area contributed by atoms with Crippen LogP contribution in [-0.4, -0.2) is 23.4 Å². The summed E-state index contributed by atoms with van der Waals surface area (Å²) >= 11 is 0. The third-order valence-electron chi connectivity index (χ3n) is 0.829. The predicted molar refractivity (Wildman–Crippen MR) is 33.0 cm³/mol. The van der Waals surface area contributed by atoms with Gasteiger partial charge in [-0.2, -0.15) is 0 Å². The molecule has 0 radical (unpaired) electrons. The second-order valence-corrected chi connectivity index (χ2v) is 3.23. The van der Waals surface area contributed by atoms with Gasteiger partial charge in [0.05, 0.1) is 8.88 Å². The molecule has 0 unspecified atom stereocenters. The Kier molecular flexibility index (Phi) is 1.20. The molecule has 0 amide bonds. The zero-order valence-electron chi connectivity index (χ0n) is 4.55. The molecular weight excluding hydrogens is 107 g/mol. The van der Waals surface area contributed by atoms with Gasteiger partial charge in [-0.15, -0.1) is 0 Å². The number of rotatable bonds is 0. The average Bonchev–Trinajstić information content (AvgIpc) is 1.87. The van der Waals surface area contributed by atoms with Gasteiger partial charge in [0.15, 0.2) is 0 Å². The Morgan fingerprint density at radius 3 is 1.71 bits per heavy atom. The monoisotopic (exact) mass is 116 g/mol. The lowest BCUT2D eigenvalue weighted by Crippen LogP contribution is -1.95. The van der Waals surface area contributed by atoms with E-state index in [1.54, 1.807) is 0 Å². The van der Waals surface area contributed by atoms with Crippen molar-refractivity contribution in [1.82, 2.24) is 9.34 Å². The van der Waals surface area contributed by atoms with Gasteiger partial charge in [0, 0.05) is 26.5 Å². The van der Waals surface area contributed by atoms with Crippen LogP contribution in [0.15, 0.2) is 12.4 Å². The van der Waals surface area contributed by atoms with Crippen LogP contribution in [0.2, 0.25) is 0 Å². The fraction of sp³-hybridized carbons (Fsp3) is 0.500. The van der Waals surface area contributed by atoms with Crippen molar-refractivity contribution >= 4 is 8.88 Å². The Morgan fingerprint density at radius 1 is 1.14 bits per heavy atom. The molecule has 1 aliphatic heterocycles. The van der Waals surface area contributed by atoms with Crippen LogP contribution >= 0.6 is 8.88 Å². The maximum atomic E-state index is 2.15. The molecule has 1 rings (SSSR count). The summed E-state index contributed by atoms with van der Waals surface area (Å²) in [5, 5.41) is 0. The minimum Gasteiger partial charge on any atom is -0.344 e. The summed E-state index contributed by atoms with van der Waals surface area (Å²) in [7, 11) is 4.95. The predicted octanol–water partition coefficient (Wildman–Crippen LogP) is 0.843. The summed E-state index contributed by atoms with van der Waals surface area (Å²) in [6.45, 7) is 0. The highest BCUT2D eigenvalue weighted by molar-refractivity contribution is 7.33. The van der Waals surface area contributed by atoms with Crippen LogP contribution in [0.4, 0.5) is 0 Å². The zero-order chi connectivity index (χ0) is 5.28. The zero-order valence-corrected chi connectivity index (χ0v) is 5.55. The Hall–Kier alpha value is -0.230. The van der Waals surface area contributed by atoms with E-state index in [9.17, 15) is 0 Å². The fourth-order valence-corrected chi connectivity index (χ4v) is 1.28. The summed E-state index contributed by atoms with van der Waals surface area (Å²) in [5.41, 5.74) is 0. The van der Waals surface area contributed by atoms with E-state index in [1.165, 1.54) is 0 Å². The first-order valence-electron chi connectivity index (χ1n) is 2.19. The molecule has 1 heterocycles. The minimum atomic E-state index is 0.812. The van der Waals surface area contributed by atoms with E-state index in [2.05, 4.69) is 35.8 Å². The lowest BCUT2D eigenvalue weighted by molar-refractivity contribution is 0.734. The molecule has 1 aliphatic rings. The Bertz CT molecular complexity index is 81.7. The first kappa shape index (κ1) is 4.92.